The van der Waals surface area contributed by atoms with Gasteiger partial charge in [0.05, 0.1) is 15.5 Å². The van der Waals surface area contributed by atoms with Gasteiger partial charge >= 0.3 is 0 Å². The van der Waals surface area contributed by atoms with Crippen molar-refractivity contribution in [2.75, 3.05) is 0 Å². The lowest BCUT2D eigenvalue weighted by atomic mass is 10.0. The van der Waals surface area contributed by atoms with Crippen LogP contribution in [0.2, 0.25) is 5.15 Å². The molecule has 0 saturated carbocycles. The molecule has 2 rings (SSSR count). The van der Waals surface area contributed by atoms with Crippen LogP contribution in [0.3, 0.4) is 0 Å². The van der Waals surface area contributed by atoms with Gasteiger partial charge in [-0.05, 0) is 46.3 Å². The van der Waals surface area contributed by atoms with Crippen molar-refractivity contribution < 1.29 is 0 Å². The fourth-order valence-corrected chi connectivity index (χ4v) is 3.37. The molecule has 0 spiro atoms. The number of rotatable bonds is 4. The average molecular weight is 350 g/mol. The maximum absolute atomic E-state index is 6.23. The molecule has 0 aliphatic heterocycles. The van der Waals surface area contributed by atoms with Crippen molar-refractivity contribution in [2.24, 2.45) is 12.9 Å². The summed E-state index contributed by atoms with van der Waals surface area (Å²) in [5.74, 6) is 5.64. The fourth-order valence-electron chi connectivity index (χ4n) is 1.89. The molecule has 2 heterocycles. The molecule has 2 aromatic rings. The lowest BCUT2D eigenvalue weighted by molar-refractivity contribution is 0.552. The largest absolute Gasteiger partial charge is 0.271 e. The Kier molecular flexibility index (Phi) is 4.45. The molecule has 0 radical (unpaired) electrons. The van der Waals surface area contributed by atoms with Crippen LogP contribution in [-0.2, 0) is 13.5 Å². The van der Waals surface area contributed by atoms with E-state index in [1.165, 1.54) is 0 Å². The lowest BCUT2D eigenvalue weighted by Gasteiger charge is -2.14. The quantitative estimate of drug-likeness (QED) is 0.659. The number of nitrogens with zero attached hydrogens (tertiary/aromatic N) is 2. The molecular weight excluding hydrogens is 336 g/mol. The number of hydrogen-bond acceptors (Lipinski definition) is 4. The van der Waals surface area contributed by atoms with Crippen LogP contribution in [0.4, 0.5) is 0 Å². The van der Waals surface area contributed by atoms with Gasteiger partial charge in [-0.25, -0.2) is 0 Å². The van der Waals surface area contributed by atoms with Crippen molar-refractivity contribution in [3.63, 3.8) is 0 Å². The number of halogens is 2. The Labute approximate surface area is 123 Å². The molecule has 7 heteroatoms. The molecule has 0 saturated heterocycles. The zero-order chi connectivity index (χ0) is 13.3. The van der Waals surface area contributed by atoms with Crippen LogP contribution in [0.5, 0.6) is 0 Å². The van der Waals surface area contributed by atoms with Gasteiger partial charge in [0.2, 0.25) is 0 Å². The normalized spacial score (nSPS) is 12.9. The zero-order valence-electron chi connectivity index (χ0n) is 10.1. The van der Waals surface area contributed by atoms with E-state index < -0.39 is 0 Å². The number of hydrazine groups is 1. The molecule has 0 amide bonds. The summed E-state index contributed by atoms with van der Waals surface area (Å²) in [6.45, 7) is 1.96. The van der Waals surface area contributed by atoms with Crippen molar-refractivity contribution in [3.05, 3.63) is 37.2 Å². The van der Waals surface area contributed by atoms with Gasteiger partial charge in [-0.2, -0.15) is 5.10 Å². The van der Waals surface area contributed by atoms with Crippen LogP contribution < -0.4 is 11.3 Å². The Morgan fingerprint density at radius 3 is 2.83 bits per heavy atom. The molecule has 0 aromatic carbocycles. The molecule has 4 nitrogen and oxygen atoms in total. The van der Waals surface area contributed by atoms with Gasteiger partial charge in [0, 0.05) is 12.6 Å². The molecule has 0 aliphatic carbocycles. The van der Waals surface area contributed by atoms with Crippen LogP contribution in [0.25, 0.3) is 0 Å². The summed E-state index contributed by atoms with van der Waals surface area (Å²) >= 11 is 11.3. The highest BCUT2D eigenvalue weighted by Crippen LogP contribution is 2.29. The third kappa shape index (κ3) is 2.78. The average Bonchev–Trinajstić information content (AvgIpc) is 2.84. The second-order valence-corrected chi connectivity index (χ2v) is 6.73. The first-order chi connectivity index (χ1) is 8.52. The van der Waals surface area contributed by atoms with Gasteiger partial charge in [-0.1, -0.05) is 11.6 Å². The third-order valence-electron chi connectivity index (χ3n) is 2.87. The van der Waals surface area contributed by atoms with E-state index in [1.807, 2.05) is 14.0 Å². The maximum Gasteiger partial charge on any atom is 0.130 e. The van der Waals surface area contributed by atoms with E-state index in [4.69, 9.17) is 17.4 Å². The number of aromatic nitrogens is 2. The highest BCUT2D eigenvalue weighted by Gasteiger charge is 2.18. The predicted molar refractivity (Wildman–Crippen MR) is 78.7 cm³/mol. The van der Waals surface area contributed by atoms with E-state index in [1.54, 1.807) is 16.0 Å². The SMILES string of the molecule is Cc1nn(C)c(Cl)c1CC(NN)c1csc(Br)c1. The van der Waals surface area contributed by atoms with Crippen LogP contribution in [-0.4, -0.2) is 9.78 Å². The topological polar surface area (TPSA) is 55.9 Å². The number of nitrogens with two attached hydrogens (primary N) is 1. The van der Waals surface area contributed by atoms with Gasteiger partial charge in [-0.3, -0.25) is 16.0 Å². The Bertz CT molecular complexity index is 551. The van der Waals surface area contributed by atoms with Crippen molar-refractivity contribution >= 4 is 38.9 Å². The highest BCUT2D eigenvalue weighted by molar-refractivity contribution is 9.11. The molecule has 98 valence electrons. The Morgan fingerprint density at radius 1 is 1.67 bits per heavy atom. The predicted octanol–water partition coefficient (Wildman–Crippen LogP) is 2.95. The van der Waals surface area contributed by atoms with Gasteiger partial charge in [0.15, 0.2) is 0 Å². The van der Waals surface area contributed by atoms with Crippen molar-refractivity contribution in [1.29, 1.82) is 0 Å². The monoisotopic (exact) mass is 348 g/mol. The van der Waals surface area contributed by atoms with E-state index in [-0.39, 0.29) is 6.04 Å². The van der Waals surface area contributed by atoms with Crippen molar-refractivity contribution in [3.8, 4) is 0 Å². The van der Waals surface area contributed by atoms with Gasteiger partial charge < -0.3 is 0 Å². The summed E-state index contributed by atoms with van der Waals surface area (Å²) in [5.41, 5.74) is 5.95. The number of thiophene rings is 1. The number of aryl methyl sites for hydroxylation is 2. The minimum Gasteiger partial charge on any atom is -0.271 e. The summed E-state index contributed by atoms with van der Waals surface area (Å²) in [5, 5.41) is 7.05. The first kappa shape index (κ1) is 14.0. The van der Waals surface area contributed by atoms with Gasteiger partial charge in [-0.15, -0.1) is 11.3 Å². The zero-order valence-corrected chi connectivity index (χ0v) is 13.2. The summed E-state index contributed by atoms with van der Waals surface area (Å²) in [6, 6.07) is 2.10. The van der Waals surface area contributed by atoms with Crippen LogP contribution in [0, 0.1) is 6.92 Å². The Hall–Kier alpha value is -0.400. The second kappa shape index (κ2) is 5.71. The van der Waals surface area contributed by atoms with E-state index >= 15 is 0 Å². The fraction of sp³-hybridized carbons (Fsp3) is 0.364. The standard InChI is InChI=1S/C11H14BrClN4S/c1-6-8(11(13)17(2)16-6)4-9(15-14)7-3-10(12)18-5-7/h3,5,9,15H,4,14H2,1-2H3. The molecule has 18 heavy (non-hydrogen) atoms. The minimum absolute atomic E-state index is 0.0351. The molecular formula is C11H14BrClN4S. The lowest BCUT2D eigenvalue weighted by Crippen LogP contribution is -2.29. The van der Waals surface area contributed by atoms with Gasteiger partial charge in [0.25, 0.3) is 0 Å². The summed E-state index contributed by atoms with van der Waals surface area (Å²) in [7, 11) is 1.84. The summed E-state index contributed by atoms with van der Waals surface area (Å²) in [4.78, 5) is 0. The smallest absolute Gasteiger partial charge is 0.130 e. The van der Waals surface area contributed by atoms with Crippen LogP contribution in [0.15, 0.2) is 15.2 Å². The third-order valence-corrected chi connectivity index (χ3v) is 4.86. The molecule has 1 unspecified atom stereocenters. The Morgan fingerprint density at radius 2 is 2.39 bits per heavy atom. The first-order valence-corrected chi connectivity index (χ1v) is 7.46. The van der Waals surface area contributed by atoms with Crippen LogP contribution in [0.1, 0.15) is 22.9 Å². The summed E-state index contributed by atoms with van der Waals surface area (Å²) in [6.07, 6.45) is 0.720. The first-order valence-electron chi connectivity index (χ1n) is 5.41. The van der Waals surface area contributed by atoms with E-state index in [0.717, 1.165) is 27.0 Å². The molecule has 2 aromatic heterocycles. The van der Waals surface area contributed by atoms with Crippen molar-refractivity contribution in [1.82, 2.24) is 15.2 Å². The molecule has 0 fully saturated rings. The molecule has 0 aliphatic rings. The highest BCUT2D eigenvalue weighted by atomic mass is 79.9. The van der Waals surface area contributed by atoms with E-state index in [9.17, 15) is 0 Å². The van der Waals surface area contributed by atoms with Crippen LogP contribution >= 0.6 is 38.9 Å². The maximum atomic E-state index is 6.23. The number of hydrogen-bond donors (Lipinski definition) is 2. The Balaban J connectivity index is 2.25. The second-order valence-electron chi connectivity index (χ2n) is 4.09. The van der Waals surface area contributed by atoms with Gasteiger partial charge in [0.1, 0.15) is 5.15 Å². The summed E-state index contributed by atoms with van der Waals surface area (Å²) < 4.78 is 2.77. The molecule has 1 atom stereocenters. The minimum atomic E-state index is 0.0351. The van der Waals surface area contributed by atoms with Crippen molar-refractivity contribution in [2.45, 2.75) is 19.4 Å². The van der Waals surface area contributed by atoms with E-state index in [0.29, 0.717) is 5.15 Å². The molecule has 3 N–H and O–H groups in total. The number of nitrogens with one attached hydrogen (secondary N) is 1. The molecule has 0 bridgehead atoms. The van der Waals surface area contributed by atoms with E-state index in [2.05, 4.69) is 37.9 Å².